The maximum absolute atomic E-state index is 13.4. The van der Waals surface area contributed by atoms with Crippen molar-refractivity contribution in [1.29, 1.82) is 0 Å². The summed E-state index contributed by atoms with van der Waals surface area (Å²) in [5.41, 5.74) is 2.28. The van der Waals surface area contributed by atoms with Crippen LogP contribution in [0, 0.1) is 6.92 Å². The lowest BCUT2D eigenvalue weighted by molar-refractivity contribution is -0.137. The molecule has 2 amide bonds. The maximum atomic E-state index is 13.4. The molecule has 0 unspecified atom stereocenters. The van der Waals surface area contributed by atoms with Gasteiger partial charge in [-0.05, 0) is 54.5 Å². The third kappa shape index (κ3) is 5.54. The maximum Gasteiger partial charge on any atom is 0.405 e. The molecule has 1 saturated carbocycles. The number of carbonyl (C=O) groups is 2. The molecule has 1 N–H and O–H groups in total. The average Bonchev–Trinajstić information content (AvgIpc) is 3.30. The molecule has 1 aliphatic carbocycles. The predicted molar refractivity (Wildman–Crippen MR) is 130 cm³/mol. The lowest BCUT2D eigenvalue weighted by Crippen LogP contribution is -2.55. The van der Waals surface area contributed by atoms with Crippen molar-refractivity contribution in [3.8, 4) is 0 Å². The number of aryl methyl sites for hydroxylation is 1. The molecule has 4 rings (SSSR count). The number of rotatable bonds is 4. The second-order valence-electron chi connectivity index (χ2n) is 10.7. The second kappa shape index (κ2) is 9.32. The molecule has 6 nitrogen and oxygen atoms in total. The first-order valence-corrected chi connectivity index (χ1v) is 12.2. The fourth-order valence-corrected chi connectivity index (χ4v) is 5.10. The van der Waals surface area contributed by atoms with Crippen molar-refractivity contribution in [3.05, 3.63) is 35.0 Å². The van der Waals surface area contributed by atoms with Gasteiger partial charge >= 0.3 is 6.18 Å². The van der Waals surface area contributed by atoms with Crippen molar-refractivity contribution in [2.75, 3.05) is 31.5 Å². The van der Waals surface area contributed by atoms with E-state index < -0.39 is 18.1 Å². The van der Waals surface area contributed by atoms with Crippen LogP contribution in [0.5, 0.6) is 0 Å². The second-order valence-corrected chi connectivity index (χ2v) is 10.7. The van der Waals surface area contributed by atoms with Gasteiger partial charge in [0.25, 0.3) is 5.91 Å². The number of nitrogens with one attached hydrogen (secondary N) is 1. The van der Waals surface area contributed by atoms with E-state index in [0.29, 0.717) is 29.7 Å². The number of piperazine rings is 1. The Hall–Kier alpha value is -2.84. The van der Waals surface area contributed by atoms with Crippen molar-refractivity contribution in [2.45, 2.75) is 71.0 Å². The van der Waals surface area contributed by atoms with Gasteiger partial charge in [-0.1, -0.05) is 33.6 Å². The summed E-state index contributed by atoms with van der Waals surface area (Å²) in [5, 5.41) is 3.16. The van der Waals surface area contributed by atoms with Gasteiger partial charge in [0.1, 0.15) is 18.8 Å². The minimum absolute atomic E-state index is 0.0234. The molecule has 1 saturated heterocycles. The van der Waals surface area contributed by atoms with Crippen LogP contribution in [-0.2, 0) is 10.2 Å². The third-order valence-electron chi connectivity index (χ3n) is 6.95. The number of hydrogen-bond donors (Lipinski definition) is 1. The number of anilines is 1. The highest BCUT2D eigenvalue weighted by molar-refractivity contribution is 5.99. The average molecular weight is 491 g/mol. The normalized spacial score (nSPS) is 18.0. The molecular weight excluding hydrogens is 457 g/mol. The highest BCUT2D eigenvalue weighted by atomic mass is 19.4. The number of hydrogen-bond acceptors (Lipinski definition) is 4. The fourth-order valence-electron chi connectivity index (χ4n) is 5.10. The van der Waals surface area contributed by atoms with Crippen LogP contribution in [0.3, 0.4) is 0 Å². The van der Waals surface area contributed by atoms with Crippen molar-refractivity contribution < 1.29 is 22.8 Å². The van der Waals surface area contributed by atoms with Crippen LogP contribution in [0.15, 0.2) is 18.2 Å². The van der Waals surface area contributed by atoms with Crippen LogP contribution < -0.4 is 5.32 Å². The molecule has 0 bridgehead atoms. The van der Waals surface area contributed by atoms with Crippen LogP contribution >= 0.6 is 0 Å². The molecule has 0 atom stereocenters. The first-order chi connectivity index (χ1) is 16.3. The topological polar surface area (TPSA) is 65.5 Å². The molecule has 190 valence electrons. The Kier molecular flexibility index (Phi) is 6.72. The Morgan fingerprint density at radius 1 is 1.11 bits per heavy atom. The van der Waals surface area contributed by atoms with Gasteiger partial charge in [0.2, 0.25) is 5.91 Å². The predicted octanol–water partition coefficient (Wildman–Crippen LogP) is 5.04. The quantitative estimate of drug-likeness (QED) is 0.652. The van der Waals surface area contributed by atoms with Crippen molar-refractivity contribution in [2.24, 2.45) is 0 Å². The molecule has 2 heterocycles. The first-order valence-electron chi connectivity index (χ1n) is 12.2. The van der Waals surface area contributed by atoms with Crippen molar-refractivity contribution in [3.63, 3.8) is 0 Å². The van der Waals surface area contributed by atoms with Crippen molar-refractivity contribution >= 4 is 28.4 Å². The monoisotopic (exact) mass is 490 g/mol. The number of aromatic nitrogens is 1. The van der Waals surface area contributed by atoms with Crippen LogP contribution in [0.1, 0.15) is 68.1 Å². The number of halogens is 3. The first kappa shape index (κ1) is 25.3. The van der Waals surface area contributed by atoms with E-state index in [9.17, 15) is 22.8 Å². The van der Waals surface area contributed by atoms with Gasteiger partial charge in [0.15, 0.2) is 0 Å². The van der Waals surface area contributed by atoms with Crippen LogP contribution in [0.25, 0.3) is 10.9 Å². The Morgan fingerprint density at radius 3 is 2.40 bits per heavy atom. The molecule has 0 spiro atoms. The Labute approximate surface area is 203 Å². The molecule has 2 fully saturated rings. The summed E-state index contributed by atoms with van der Waals surface area (Å²) in [7, 11) is 0. The third-order valence-corrected chi connectivity index (χ3v) is 6.95. The summed E-state index contributed by atoms with van der Waals surface area (Å²) >= 11 is 0. The molecule has 1 aromatic heterocycles. The van der Waals surface area contributed by atoms with Gasteiger partial charge in [0, 0.05) is 30.2 Å². The summed E-state index contributed by atoms with van der Waals surface area (Å²) in [4.78, 5) is 34.3. The lowest BCUT2D eigenvalue weighted by atomic mass is 9.84. The number of amides is 2. The highest BCUT2D eigenvalue weighted by Gasteiger charge is 2.34. The van der Waals surface area contributed by atoms with E-state index in [0.717, 1.165) is 36.8 Å². The largest absolute Gasteiger partial charge is 0.405 e. The summed E-state index contributed by atoms with van der Waals surface area (Å²) in [6.45, 7) is 7.61. The van der Waals surface area contributed by atoms with Gasteiger partial charge in [-0.25, -0.2) is 4.98 Å². The van der Waals surface area contributed by atoms with E-state index in [1.165, 1.54) is 0 Å². The fraction of sp³-hybridized carbons (Fsp3) is 0.577. The smallest absolute Gasteiger partial charge is 0.376 e. The summed E-state index contributed by atoms with van der Waals surface area (Å²) in [6, 6.07) is 5.28. The van der Waals surface area contributed by atoms with E-state index in [1.54, 1.807) is 23.1 Å². The number of pyridine rings is 1. The summed E-state index contributed by atoms with van der Waals surface area (Å²) in [6.07, 6.45) is 0.00249. The molecule has 35 heavy (non-hydrogen) atoms. The molecule has 2 aliphatic rings. The highest BCUT2D eigenvalue weighted by Crippen LogP contribution is 2.34. The minimum Gasteiger partial charge on any atom is -0.376 e. The zero-order chi connectivity index (χ0) is 25.5. The van der Waals surface area contributed by atoms with E-state index in [4.69, 9.17) is 0 Å². The number of alkyl halides is 3. The van der Waals surface area contributed by atoms with Gasteiger partial charge in [-0.15, -0.1) is 0 Å². The van der Waals surface area contributed by atoms with E-state index in [2.05, 4.69) is 10.3 Å². The Morgan fingerprint density at radius 2 is 1.80 bits per heavy atom. The number of benzene rings is 1. The molecule has 2 aromatic rings. The van der Waals surface area contributed by atoms with Gasteiger partial charge in [-0.3, -0.25) is 9.59 Å². The lowest BCUT2D eigenvalue weighted by Gasteiger charge is -2.37. The zero-order valence-corrected chi connectivity index (χ0v) is 20.8. The molecule has 1 aromatic carbocycles. The molecule has 9 heteroatoms. The van der Waals surface area contributed by atoms with E-state index in [1.807, 2.05) is 32.6 Å². The van der Waals surface area contributed by atoms with Crippen LogP contribution in [0.4, 0.5) is 18.9 Å². The number of fused-ring (bicyclic) bond motifs is 1. The Bertz CT molecular complexity index is 1130. The van der Waals surface area contributed by atoms with E-state index >= 15 is 0 Å². The Balaban J connectivity index is 1.64. The summed E-state index contributed by atoms with van der Waals surface area (Å²) in [5.74, 6) is -0.321. The minimum atomic E-state index is -4.33. The van der Waals surface area contributed by atoms with Gasteiger partial charge < -0.3 is 15.1 Å². The standard InChI is InChI=1S/C26H33F3N4O2/c1-16-11-21(24(35)32-9-10-33(22(34)14-32)18-7-5-6-8-18)31-23-19(16)12-17(30-15-26(27,28)29)13-20(23)25(2,3)4/h11-13,18,30H,5-10,14-15H2,1-4H3. The van der Waals surface area contributed by atoms with Crippen LogP contribution in [0.2, 0.25) is 0 Å². The SMILES string of the molecule is Cc1cc(C(=O)N2CCN(C3CCCC3)C(=O)C2)nc2c(C(C)(C)C)cc(NCC(F)(F)F)cc12. The number of nitrogens with zero attached hydrogens (tertiary/aromatic N) is 3. The molecule has 0 radical (unpaired) electrons. The van der Waals surface area contributed by atoms with Crippen LogP contribution in [-0.4, -0.2) is 65.0 Å². The number of carbonyl (C=O) groups excluding carboxylic acids is 2. The van der Waals surface area contributed by atoms with Gasteiger partial charge in [-0.2, -0.15) is 13.2 Å². The van der Waals surface area contributed by atoms with Gasteiger partial charge in [0.05, 0.1) is 5.52 Å². The summed E-state index contributed by atoms with van der Waals surface area (Å²) < 4.78 is 38.3. The van der Waals surface area contributed by atoms with Crippen molar-refractivity contribution in [1.82, 2.24) is 14.8 Å². The zero-order valence-electron chi connectivity index (χ0n) is 20.8. The van der Waals surface area contributed by atoms with E-state index in [-0.39, 0.29) is 30.1 Å². The molecular formula is C26H33F3N4O2. The molecule has 1 aliphatic heterocycles.